The molecule has 2 aromatic rings. The summed E-state index contributed by atoms with van der Waals surface area (Å²) in [7, 11) is 4.78. The van der Waals surface area contributed by atoms with Crippen molar-refractivity contribution in [2.45, 2.75) is 12.3 Å². The summed E-state index contributed by atoms with van der Waals surface area (Å²) in [5.41, 5.74) is 1.55. The zero-order chi connectivity index (χ0) is 19.7. The number of benzene rings is 2. The molecular weight excluding hydrogens is 461 g/mol. The molecule has 27 heavy (non-hydrogen) atoms. The number of hydrogen-bond donors (Lipinski definition) is 1. The highest BCUT2D eigenvalue weighted by atomic mass is 127. The summed E-state index contributed by atoms with van der Waals surface area (Å²) in [6.07, 6.45) is 0.728. The molecule has 7 heteroatoms. The maximum Gasteiger partial charge on any atom is 0.337 e. The fourth-order valence-electron chi connectivity index (χ4n) is 3.26. The number of hydrogen-bond acceptors (Lipinski definition) is 4. The van der Waals surface area contributed by atoms with Crippen LogP contribution in [0.4, 0.5) is 5.69 Å². The van der Waals surface area contributed by atoms with Gasteiger partial charge in [0.1, 0.15) is 0 Å². The number of carbonyl (C=O) groups excluding carboxylic acids is 1. The third kappa shape index (κ3) is 3.87. The van der Waals surface area contributed by atoms with Gasteiger partial charge in [-0.1, -0.05) is 6.07 Å². The predicted molar refractivity (Wildman–Crippen MR) is 110 cm³/mol. The Balaban J connectivity index is 1.80. The van der Waals surface area contributed by atoms with E-state index in [4.69, 9.17) is 9.47 Å². The van der Waals surface area contributed by atoms with Crippen LogP contribution in [0.3, 0.4) is 0 Å². The number of methoxy groups -OCH3 is 2. The molecule has 2 aromatic carbocycles. The van der Waals surface area contributed by atoms with Gasteiger partial charge in [0.2, 0.25) is 5.91 Å². The fourth-order valence-corrected chi connectivity index (χ4v) is 3.75. The monoisotopic (exact) mass is 481 g/mol. The van der Waals surface area contributed by atoms with Crippen molar-refractivity contribution in [3.05, 3.63) is 51.1 Å². The first kappa shape index (κ1) is 19.5. The summed E-state index contributed by atoms with van der Waals surface area (Å²) in [4.78, 5) is 25.9. The molecule has 2 unspecified atom stereocenters. The molecule has 0 heterocycles. The number of ether oxygens (including phenoxy) is 2. The van der Waals surface area contributed by atoms with Crippen molar-refractivity contribution >= 4 is 40.2 Å². The Bertz CT molecular complexity index is 898. The first-order valence-electron chi connectivity index (χ1n) is 8.39. The van der Waals surface area contributed by atoms with E-state index >= 15 is 0 Å². The Hall–Kier alpha value is -2.29. The second-order valence-electron chi connectivity index (χ2n) is 6.43. The summed E-state index contributed by atoms with van der Waals surface area (Å²) < 4.78 is 11.4. The number of carboxylic acid groups (broad SMARTS) is 1. The van der Waals surface area contributed by atoms with Crippen molar-refractivity contribution in [2.24, 2.45) is 5.92 Å². The molecule has 1 aliphatic rings. The minimum absolute atomic E-state index is 0.0847. The van der Waals surface area contributed by atoms with Crippen molar-refractivity contribution in [2.75, 3.05) is 26.2 Å². The number of nitrogens with zero attached hydrogens (tertiary/aromatic N) is 1. The third-order valence-corrected chi connectivity index (χ3v) is 5.50. The van der Waals surface area contributed by atoms with Crippen molar-refractivity contribution in [3.63, 3.8) is 0 Å². The maximum atomic E-state index is 12.9. The van der Waals surface area contributed by atoms with Crippen molar-refractivity contribution in [3.8, 4) is 11.5 Å². The molecule has 1 aliphatic carbocycles. The Kier molecular flexibility index (Phi) is 5.59. The van der Waals surface area contributed by atoms with Crippen LogP contribution in [-0.2, 0) is 4.79 Å². The highest BCUT2D eigenvalue weighted by Crippen LogP contribution is 2.50. The van der Waals surface area contributed by atoms with Crippen LogP contribution in [0.25, 0.3) is 0 Å². The Labute approximate surface area is 171 Å². The predicted octanol–water partition coefficient (Wildman–Crippen LogP) is 3.77. The number of carbonyl (C=O) groups is 2. The highest BCUT2D eigenvalue weighted by Gasteiger charge is 2.46. The largest absolute Gasteiger partial charge is 0.493 e. The quantitative estimate of drug-likeness (QED) is 0.636. The molecule has 1 amide bonds. The average Bonchev–Trinajstić information content (AvgIpc) is 3.46. The van der Waals surface area contributed by atoms with E-state index in [9.17, 15) is 14.7 Å². The minimum atomic E-state index is -1.05. The van der Waals surface area contributed by atoms with Crippen molar-refractivity contribution in [1.82, 2.24) is 0 Å². The van der Waals surface area contributed by atoms with Crippen LogP contribution in [-0.4, -0.2) is 38.3 Å². The summed E-state index contributed by atoms with van der Waals surface area (Å²) in [5, 5.41) is 9.44. The number of carboxylic acids is 1. The first-order chi connectivity index (χ1) is 12.9. The van der Waals surface area contributed by atoms with E-state index in [1.807, 2.05) is 18.2 Å². The van der Waals surface area contributed by atoms with E-state index in [0.717, 1.165) is 15.6 Å². The zero-order valence-corrected chi connectivity index (χ0v) is 17.4. The molecule has 6 nitrogen and oxygen atoms in total. The van der Waals surface area contributed by atoms with Crippen LogP contribution in [0, 0.1) is 9.49 Å². The van der Waals surface area contributed by atoms with Gasteiger partial charge in [-0.2, -0.15) is 0 Å². The van der Waals surface area contributed by atoms with Crippen LogP contribution < -0.4 is 14.4 Å². The highest BCUT2D eigenvalue weighted by molar-refractivity contribution is 14.1. The van der Waals surface area contributed by atoms with Gasteiger partial charge >= 0.3 is 5.97 Å². The molecule has 0 bridgehead atoms. The minimum Gasteiger partial charge on any atom is -0.493 e. The van der Waals surface area contributed by atoms with Crippen LogP contribution >= 0.6 is 22.6 Å². The Morgan fingerprint density at radius 1 is 1.11 bits per heavy atom. The van der Waals surface area contributed by atoms with Gasteiger partial charge in [0.15, 0.2) is 11.5 Å². The van der Waals surface area contributed by atoms with Crippen LogP contribution in [0.2, 0.25) is 0 Å². The van der Waals surface area contributed by atoms with Gasteiger partial charge in [-0.3, -0.25) is 4.79 Å². The summed E-state index contributed by atoms with van der Waals surface area (Å²) in [5.74, 6) is 0.0685. The lowest BCUT2D eigenvalue weighted by atomic mass is 10.1. The number of anilines is 1. The van der Waals surface area contributed by atoms with Gasteiger partial charge in [-0.25, -0.2) is 4.79 Å². The van der Waals surface area contributed by atoms with Gasteiger partial charge in [0.25, 0.3) is 0 Å². The van der Waals surface area contributed by atoms with Crippen molar-refractivity contribution < 1.29 is 24.2 Å². The van der Waals surface area contributed by atoms with Gasteiger partial charge in [0, 0.05) is 16.5 Å². The van der Waals surface area contributed by atoms with Gasteiger partial charge < -0.3 is 19.5 Å². The molecular formula is C20H20INO5. The normalized spacial score (nSPS) is 17.9. The lowest BCUT2D eigenvalue weighted by Gasteiger charge is -2.20. The second-order valence-corrected chi connectivity index (χ2v) is 7.67. The standard InChI is InChI=1S/C20H20INO5/c1-22(16-6-5-12(21)9-15(16)20(24)25)19(23)14-10-13(14)11-4-7-17(26-2)18(8-11)27-3/h4-9,13-14H,10H2,1-3H3,(H,24,25). The third-order valence-electron chi connectivity index (χ3n) is 4.82. The van der Waals surface area contributed by atoms with Crippen LogP contribution in [0.1, 0.15) is 28.3 Å². The molecule has 0 spiro atoms. The van der Waals surface area contributed by atoms with E-state index < -0.39 is 5.97 Å². The lowest BCUT2D eigenvalue weighted by molar-refractivity contribution is -0.119. The van der Waals surface area contributed by atoms with Gasteiger partial charge in [-0.05, 0) is 70.8 Å². The zero-order valence-electron chi connectivity index (χ0n) is 15.2. The number of aromatic carboxylic acids is 1. The molecule has 0 saturated heterocycles. The van der Waals surface area contributed by atoms with Crippen molar-refractivity contribution in [1.29, 1.82) is 0 Å². The number of halogens is 1. The molecule has 0 aliphatic heterocycles. The molecule has 142 valence electrons. The van der Waals surface area contributed by atoms with Gasteiger partial charge in [-0.15, -0.1) is 0 Å². The van der Waals surface area contributed by atoms with E-state index in [0.29, 0.717) is 17.2 Å². The molecule has 0 aromatic heterocycles. The Morgan fingerprint density at radius 2 is 1.81 bits per heavy atom. The molecule has 2 atom stereocenters. The molecule has 1 saturated carbocycles. The SMILES string of the molecule is COc1ccc(C2CC2C(=O)N(C)c2ccc(I)cc2C(=O)O)cc1OC. The Morgan fingerprint density at radius 3 is 2.44 bits per heavy atom. The molecule has 1 N–H and O–H groups in total. The maximum absolute atomic E-state index is 12.9. The van der Waals surface area contributed by atoms with E-state index in [2.05, 4.69) is 22.6 Å². The van der Waals surface area contributed by atoms with Gasteiger partial charge in [0.05, 0.1) is 25.5 Å². The number of amides is 1. The van der Waals surface area contributed by atoms with Crippen LogP contribution in [0.5, 0.6) is 11.5 Å². The summed E-state index contributed by atoms with van der Waals surface area (Å²) >= 11 is 2.06. The molecule has 0 radical (unpaired) electrons. The fraction of sp³-hybridized carbons (Fsp3) is 0.300. The first-order valence-corrected chi connectivity index (χ1v) is 9.47. The van der Waals surface area contributed by atoms with E-state index in [1.165, 1.54) is 4.90 Å². The summed E-state index contributed by atoms with van der Waals surface area (Å²) in [6.45, 7) is 0. The topological polar surface area (TPSA) is 76.1 Å². The van der Waals surface area contributed by atoms with E-state index in [1.54, 1.807) is 39.5 Å². The number of rotatable bonds is 6. The van der Waals surface area contributed by atoms with E-state index in [-0.39, 0.29) is 23.3 Å². The smallest absolute Gasteiger partial charge is 0.337 e. The second kappa shape index (κ2) is 7.75. The average molecular weight is 481 g/mol. The lowest BCUT2D eigenvalue weighted by Crippen LogP contribution is -2.29. The van der Waals surface area contributed by atoms with Crippen LogP contribution in [0.15, 0.2) is 36.4 Å². The molecule has 1 fully saturated rings. The molecule has 3 rings (SSSR count). The summed E-state index contributed by atoms with van der Waals surface area (Å²) in [6, 6.07) is 10.7.